The summed E-state index contributed by atoms with van der Waals surface area (Å²) in [6.45, 7) is -0.0274. The molecule has 6 nitrogen and oxygen atoms in total. The quantitative estimate of drug-likeness (QED) is 0.697. The molecule has 4 rings (SSSR count). The normalized spacial score (nSPS) is 12.8. The maximum Gasteiger partial charge on any atom is 0.238 e. The number of methoxy groups -OCH3 is 1. The maximum atomic E-state index is 14.3. The number of sulfonamides is 1. The topological polar surface area (TPSA) is 87.9 Å². The first kappa shape index (κ1) is 19.2. The van der Waals surface area contributed by atoms with Crippen molar-refractivity contribution in [2.75, 3.05) is 13.9 Å². The van der Waals surface area contributed by atoms with Crippen LogP contribution in [0.3, 0.4) is 0 Å². The van der Waals surface area contributed by atoms with Gasteiger partial charge in [0, 0.05) is 5.56 Å². The Kier molecular flexibility index (Phi) is 4.64. The van der Waals surface area contributed by atoms with E-state index in [9.17, 15) is 17.2 Å². The van der Waals surface area contributed by atoms with Crippen molar-refractivity contribution < 1.29 is 31.4 Å². The molecule has 9 heteroatoms. The van der Waals surface area contributed by atoms with Crippen LogP contribution in [-0.4, -0.2) is 22.3 Å². The summed E-state index contributed by atoms with van der Waals surface area (Å²) in [6, 6.07) is 11.4. The van der Waals surface area contributed by atoms with Crippen LogP contribution in [-0.2, 0) is 10.0 Å². The van der Waals surface area contributed by atoms with Gasteiger partial charge in [-0.15, -0.1) is 0 Å². The van der Waals surface area contributed by atoms with Gasteiger partial charge in [-0.1, -0.05) is 18.2 Å². The van der Waals surface area contributed by atoms with Crippen LogP contribution < -0.4 is 19.3 Å². The van der Waals surface area contributed by atoms with Crippen molar-refractivity contribution in [1.29, 1.82) is 0 Å². The minimum Gasteiger partial charge on any atom is -0.491 e. The first-order valence-corrected chi connectivity index (χ1v) is 9.93. The molecule has 1 aliphatic heterocycles. The predicted molar refractivity (Wildman–Crippen MR) is 101 cm³/mol. The molecule has 0 radical (unpaired) electrons. The van der Waals surface area contributed by atoms with E-state index in [1.165, 1.54) is 18.2 Å². The summed E-state index contributed by atoms with van der Waals surface area (Å²) in [4.78, 5) is -0.130. The SMILES string of the molecule is COc1c(F)cc(-c2cc3c(cc2-c2ccccc2S(N)(=O)=O)OCO3)cc1F. The number of rotatable bonds is 4. The van der Waals surface area contributed by atoms with Crippen molar-refractivity contribution >= 4 is 10.0 Å². The molecule has 1 heterocycles. The largest absolute Gasteiger partial charge is 0.491 e. The van der Waals surface area contributed by atoms with Gasteiger partial charge in [0.1, 0.15) is 0 Å². The molecule has 150 valence electrons. The zero-order valence-corrected chi connectivity index (χ0v) is 15.9. The number of halogens is 2. The molecule has 29 heavy (non-hydrogen) atoms. The highest BCUT2D eigenvalue weighted by molar-refractivity contribution is 7.89. The van der Waals surface area contributed by atoms with Crippen molar-refractivity contribution in [1.82, 2.24) is 0 Å². The second-order valence-corrected chi connectivity index (χ2v) is 7.80. The van der Waals surface area contributed by atoms with E-state index in [0.717, 1.165) is 19.2 Å². The highest BCUT2D eigenvalue weighted by atomic mass is 32.2. The third-order valence-corrected chi connectivity index (χ3v) is 5.48. The first-order valence-electron chi connectivity index (χ1n) is 8.39. The van der Waals surface area contributed by atoms with Gasteiger partial charge < -0.3 is 14.2 Å². The van der Waals surface area contributed by atoms with Crippen LogP contribution in [0.15, 0.2) is 53.4 Å². The fourth-order valence-corrected chi connectivity index (χ4v) is 4.00. The van der Waals surface area contributed by atoms with Gasteiger partial charge in [0.25, 0.3) is 0 Å². The Labute approximate surface area is 165 Å². The van der Waals surface area contributed by atoms with Crippen molar-refractivity contribution in [3.63, 3.8) is 0 Å². The Hall–Kier alpha value is -3.17. The van der Waals surface area contributed by atoms with Crippen LogP contribution in [0.25, 0.3) is 22.3 Å². The fraction of sp³-hybridized carbons (Fsp3) is 0.100. The van der Waals surface area contributed by atoms with Gasteiger partial charge in [0.2, 0.25) is 16.8 Å². The number of hydrogen-bond donors (Lipinski definition) is 1. The Morgan fingerprint density at radius 2 is 1.52 bits per heavy atom. The minimum absolute atomic E-state index is 0.0274. The lowest BCUT2D eigenvalue weighted by Crippen LogP contribution is -2.13. The summed E-state index contributed by atoms with van der Waals surface area (Å²) in [5, 5.41) is 5.36. The Morgan fingerprint density at radius 1 is 0.931 bits per heavy atom. The molecule has 0 aromatic heterocycles. The van der Waals surface area contributed by atoms with Crippen LogP contribution in [0.5, 0.6) is 17.2 Å². The fourth-order valence-electron chi connectivity index (χ4n) is 3.25. The zero-order chi connectivity index (χ0) is 20.8. The average molecular weight is 419 g/mol. The molecular weight excluding hydrogens is 404 g/mol. The van der Waals surface area contributed by atoms with Crippen LogP contribution >= 0.6 is 0 Å². The molecule has 3 aromatic rings. The lowest BCUT2D eigenvalue weighted by molar-refractivity contribution is 0.174. The van der Waals surface area contributed by atoms with Gasteiger partial charge in [-0.25, -0.2) is 22.3 Å². The lowest BCUT2D eigenvalue weighted by atomic mass is 9.93. The van der Waals surface area contributed by atoms with E-state index in [1.807, 2.05) is 0 Å². The number of hydrogen-bond acceptors (Lipinski definition) is 5. The van der Waals surface area contributed by atoms with Crippen molar-refractivity contribution in [2.24, 2.45) is 5.14 Å². The van der Waals surface area contributed by atoms with E-state index in [4.69, 9.17) is 19.3 Å². The molecule has 0 unspecified atom stereocenters. The molecule has 0 aliphatic carbocycles. The van der Waals surface area contributed by atoms with E-state index in [-0.39, 0.29) is 22.8 Å². The molecule has 0 fully saturated rings. The van der Waals surface area contributed by atoms with E-state index in [2.05, 4.69) is 0 Å². The monoisotopic (exact) mass is 419 g/mol. The molecular formula is C20H15F2NO5S. The van der Waals surface area contributed by atoms with Gasteiger partial charge in [-0.05, 0) is 47.0 Å². The average Bonchev–Trinajstić information content (AvgIpc) is 3.13. The molecule has 0 saturated carbocycles. The summed E-state index contributed by atoms with van der Waals surface area (Å²) in [6.07, 6.45) is 0. The maximum absolute atomic E-state index is 14.3. The third kappa shape index (κ3) is 3.39. The van der Waals surface area contributed by atoms with Crippen molar-refractivity contribution in [3.8, 4) is 39.5 Å². The Morgan fingerprint density at radius 3 is 2.10 bits per heavy atom. The number of fused-ring (bicyclic) bond motifs is 1. The highest BCUT2D eigenvalue weighted by Crippen LogP contribution is 2.45. The predicted octanol–water partition coefficient (Wildman–Crippen LogP) is 3.68. The molecule has 2 N–H and O–H groups in total. The summed E-state index contributed by atoms with van der Waals surface area (Å²) < 4.78 is 68.3. The lowest BCUT2D eigenvalue weighted by Gasteiger charge is -2.15. The second-order valence-electron chi connectivity index (χ2n) is 6.27. The number of benzene rings is 3. The Bertz CT molecular complexity index is 1200. The van der Waals surface area contributed by atoms with E-state index >= 15 is 0 Å². The van der Waals surface area contributed by atoms with E-state index in [0.29, 0.717) is 22.6 Å². The van der Waals surface area contributed by atoms with Crippen LogP contribution in [0.4, 0.5) is 8.78 Å². The van der Waals surface area contributed by atoms with E-state index < -0.39 is 27.4 Å². The molecule has 0 bridgehead atoms. The van der Waals surface area contributed by atoms with Gasteiger partial charge in [-0.3, -0.25) is 0 Å². The summed E-state index contributed by atoms with van der Waals surface area (Å²) in [5.41, 5.74) is 1.13. The minimum atomic E-state index is -4.06. The highest BCUT2D eigenvalue weighted by Gasteiger charge is 2.24. The van der Waals surface area contributed by atoms with Crippen molar-refractivity contribution in [2.45, 2.75) is 4.90 Å². The number of primary sulfonamides is 1. The standard InChI is InChI=1S/C20H15F2NO5S/c1-26-20-15(21)6-11(7-16(20)22)13-8-17-18(28-10-27-17)9-14(13)12-4-2-3-5-19(12)29(23,24)25/h2-9H,10H2,1H3,(H2,23,24,25). The van der Waals surface area contributed by atoms with Crippen LogP contribution in [0.2, 0.25) is 0 Å². The van der Waals surface area contributed by atoms with Crippen LogP contribution in [0.1, 0.15) is 0 Å². The first-order chi connectivity index (χ1) is 13.8. The summed E-state index contributed by atoms with van der Waals surface area (Å²) >= 11 is 0. The Balaban J connectivity index is 2.03. The molecule has 3 aromatic carbocycles. The van der Waals surface area contributed by atoms with Crippen LogP contribution in [0, 0.1) is 11.6 Å². The third-order valence-electron chi connectivity index (χ3n) is 4.51. The molecule has 0 atom stereocenters. The molecule has 1 aliphatic rings. The molecule has 0 amide bonds. The van der Waals surface area contributed by atoms with Gasteiger partial charge >= 0.3 is 0 Å². The number of ether oxygens (including phenoxy) is 3. The summed E-state index contributed by atoms with van der Waals surface area (Å²) in [5.74, 6) is -1.56. The van der Waals surface area contributed by atoms with Gasteiger partial charge in [0.05, 0.1) is 12.0 Å². The summed E-state index contributed by atoms with van der Waals surface area (Å²) in [7, 11) is -2.90. The number of nitrogens with two attached hydrogens (primary N) is 1. The molecule has 0 saturated heterocycles. The van der Waals surface area contributed by atoms with Crippen molar-refractivity contribution in [3.05, 3.63) is 60.2 Å². The second kappa shape index (κ2) is 7.02. The smallest absolute Gasteiger partial charge is 0.238 e. The van der Waals surface area contributed by atoms with E-state index in [1.54, 1.807) is 18.2 Å². The zero-order valence-electron chi connectivity index (χ0n) is 15.1. The molecule has 0 spiro atoms. The van der Waals surface area contributed by atoms with Gasteiger partial charge in [-0.2, -0.15) is 0 Å². The van der Waals surface area contributed by atoms with Gasteiger partial charge in [0.15, 0.2) is 28.9 Å².